The molecule has 2 rings (SSSR count). The zero-order valence-corrected chi connectivity index (χ0v) is 14.5. The first kappa shape index (κ1) is 18.4. The van der Waals surface area contributed by atoms with Crippen LogP contribution in [0.3, 0.4) is 0 Å². The molecule has 0 radical (unpaired) electrons. The standard InChI is InChI=1S/C16H21NO6S/c1-12(18)17-9-8-14(23-24(2,20)21)10-15(17)16(19)22-11-13-6-4-3-5-7-13/h3-7,14-15H,8-11H2,1-2H3. The van der Waals surface area contributed by atoms with Crippen molar-refractivity contribution in [1.82, 2.24) is 4.90 Å². The number of carbonyl (C=O) groups is 2. The van der Waals surface area contributed by atoms with Crippen molar-refractivity contribution in [3.63, 3.8) is 0 Å². The maximum Gasteiger partial charge on any atom is 0.329 e. The molecule has 1 aliphatic heterocycles. The van der Waals surface area contributed by atoms with Crippen molar-refractivity contribution in [2.75, 3.05) is 12.8 Å². The third-order valence-corrected chi connectivity index (χ3v) is 4.39. The van der Waals surface area contributed by atoms with Crippen LogP contribution in [0, 0.1) is 0 Å². The Kier molecular flexibility index (Phi) is 5.95. The molecule has 0 spiro atoms. The van der Waals surface area contributed by atoms with Gasteiger partial charge in [-0.15, -0.1) is 0 Å². The van der Waals surface area contributed by atoms with E-state index in [0.717, 1.165) is 11.8 Å². The van der Waals surface area contributed by atoms with Crippen LogP contribution in [0.1, 0.15) is 25.3 Å². The lowest BCUT2D eigenvalue weighted by Gasteiger charge is -2.36. The lowest BCUT2D eigenvalue weighted by atomic mass is 9.99. The second-order valence-corrected chi connectivity index (χ2v) is 7.37. The first-order chi connectivity index (χ1) is 11.3. The predicted octanol–water partition coefficient (Wildman–Crippen LogP) is 1.09. The molecule has 2 atom stereocenters. The third-order valence-electron chi connectivity index (χ3n) is 3.77. The molecule has 1 aromatic rings. The van der Waals surface area contributed by atoms with Crippen molar-refractivity contribution in [3.05, 3.63) is 35.9 Å². The van der Waals surface area contributed by atoms with Crippen LogP contribution in [-0.2, 0) is 35.2 Å². The van der Waals surface area contributed by atoms with Gasteiger partial charge in [-0.1, -0.05) is 30.3 Å². The van der Waals surface area contributed by atoms with Gasteiger partial charge in [0.15, 0.2) is 0 Å². The van der Waals surface area contributed by atoms with Gasteiger partial charge in [-0.3, -0.25) is 8.98 Å². The van der Waals surface area contributed by atoms with Crippen molar-refractivity contribution in [1.29, 1.82) is 0 Å². The number of nitrogens with zero attached hydrogens (tertiary/aromatic N) is 1. The van der Waals surface area contributed by atoms with Gasteiger partial charge < -0.3 is 9.64 Å². The Morgan fingerprint density at radius 1 is 1.25 bits per heavy atom. The number of esters is 1. The molecule has 0 N–H and O–H groups in total. The van der Waals surface area contributed by atoms with Crippen LogP contribution in [0.4, 0.5) is 0 Å². The Morgan fingerprint density at radius 2 is 1.92 bits per heavy atom. The minimum Gasteiger partial charge on any atom is -0.459 e. The SMILES string of the molecule is CC(=O)N1CCC(OS(C)(=O)=O)CC1C(=O)OCc1ccccc1. The molecule has 8 heteroatoms. The molecule has 1 amide bonds. The van der Waals surface area contributed by atoms with E-state index in [-0.39, 0.29) is 25.5 Å². The van der Waals surface area contributed by atoms with Crippen LogP contribution in [0.25, 0.3) is 0 Å². The number of amides is 1. The summed E-state index contributed by atoms with van der Waals surface area (Å²) in [5.41, 5.74) is 0.833. The molecular weight excluding hydrogens is 334 g/mol. The van der Waals surface area contributed by atoms with Crippen LogP contribution < -0.4 is 0 Å². The molecule has 1 aromatic carbocycles. The maximum absolute atomic E-state index is 12.4. The highest BCUT2D eigenvalue weighted by Crippen LogP contribution is 2.23. The smallest absolute Gasteiger partial charge is 0.329 e. The third kappa shape index (κ3) is 5.31. The van der Waals surface area contributed by atoms with E-state index in [0.29, 0.717) is 6.42 Å². The lowest BCUT2D eigenvalue weighted by molar-refractivity contribution is -0.159. The van der Waals surface area contributed by atoms with Gasteiger partial charge in [-0.05, 0) is 12.0 Å². The molecule has 24 heavy (non-hydrogen) atoms. The molecule has 0 aliphatic carbocycles. The fourth-order valence-electron chi connectivity index (χ4n) is 2.69. The summed E-state index contributed by atoms with van der Waals surface area (Å²) < 4.78 is 32.8. The fourth-order valence-corrected chi connectivity index (χ4v) is 3.36. The van der Waals surface area contributed by atoms with Crippen LogP contribution in [0.5, 0.6) is 0 Å². The van der Waals surface area contributed by atoms with E-state index in [9.17, 15) is 18.0 Å². The predicted molar refractivity (Wildman–Crippen MR) is 86.4 cm³/mol. The van der Waals surface area contributed by atoms with E-state index in [1.807, 2.05) is 30.3 Å². The molecule has 1 heterocycles. The molecular formula is C16H21NO6S. The monoisotopic (exact) mass is 355 g/mol. The molecule has 1 aliphatic rings. The Labute approximate surface area is 141 Å². The molecule has 0 saturated carbocycles. The van der Waals surface area contributed by atoms with Crippen molar-refractivity contribution >= 4 is 22.0 Å². The number of ether oxygens (including phenoxy) is 1. The molecule has 1 saturated heterocycles. The van der Waals surface area contributed by atoms with Gasteiger partial charge in [0.25, 0.3) is 10.1 Å². The summed E-state index contributed by atoms with van der Waals surface area (Å²) >= 11 is 0. The Morgan fingerprint density at radius 3 is 2.50 bits per heavy atom. The van der Waals surface area contributed by atoms with Gasteiger partial charge in [-0.2, -0.15) is 8.42 Å². The minimum absolute atomic E-state index is 0.0967. The second-order valence-electron chi connectivity index (χ2n) is 5.77. The quantitative estimate of drug-likeness (QED) is 0.580. The highest BCUT2D eigenvalue weighted by atomic mass is 32.2. The van der Waals surface area contributed by atoms with Gasteiger partial charge in [0.05, 0.1) is 12.4 Å². The summed E-state index contributed by atoms with van der Waals surface area (Å²) in [5.74, 6) is -0.815. The summed E-state index contributed by atoms with van der Waals surface area (Å²) in [4.78, 5) is 25.5. The largest absolute Gasteiger partial charge is 0.459 e. The molecule has 1 fully saturated rings. The summed E-state index contributed by atoms with van der Waals surface area (Å²) in [5, 5.41) is 0. The van der Waals surface area contributed by atoms with Gasteiger partial charge in [0, 0.05) is 19.9 Å². The number of likely N-dealkylation sites (tertiary alicyclic amines) is 1. The van der Waals surface area contributed by atoms with Gasteiger partial charge in [0.2, 0.25) is 5.91 Å². The van der Waals surface area contributed by atoms with E-state index >= 15 is 0 Å². The summed E-state index contributed by atoms with van der Waals surface area (Å²) in [6.45, 7) is 1.72. The molecule has 0 bridgehead atoms. The average molecular weight is 355 g/mol. The summed E-state index contributed by atoms with van der Waals surface area (Å²) in [6, 6.07) is 8.34. The Bertz CT molecular complexity index is 688. The number of rotatable bonds is 5. The zero-order valence-electron chi connectivity index (χ0n) is 13.7. The molecule has 0 aromatic heterocycles. The van der Waals surface area contributed by atoms with Crippen molar-refractivity contribution in [2.45, 2.75) is 38.5 Å². The van der Waals surface area contributed by atoms with Crippen molar-refractivity contribution in [2.24, 2.45) is 0 Å². The van der Waals surface area contributed by atoms with Crippen molar-refractivity contribution < 1.29 is 26.9 Å². The first-order valence-corrected chi connectivity index (χ1v) is 9.44. The fraction of sp³-hybridized carbons (Fsp3) is 0.500. The Balaban J connectivity index is 2.03. The molecule has 7 nitrogen and oxygen atoms in total. The second kappa shape index (κ2) is 7.76. The number of hydrogen-bond acceptors (Lipinski definition) is 6. The number of piperidine rings is 1. The van der Waals surface area contributed by atoms with E-state index in [4.69, 9.17) is 8.92 Å². The molecule has 2 unspecified atom stereocenters. The average Bonchev–Trinajstić information content (AvgIpc) is 2.51. The van der Waals surface area contributed by atoms with E-state index in [2.05, 4.69) is 0 Å². The lowest BCUT2D eigenvalue weighted by Crippen LogP contribution is -2.51. The van der Waals surface area contributed by atoms with Crippen LogP contribution >= 0.6 is 0 Å². The highest BCUT2D eigenvalue weighted by Gasteiger charge is 2.37. The van der Waals surface area contributed by atoms with E-state index < -0.39 is 28.2 Å². The maximum atomic E-state index is 12.4. The van der Waals surface area contributed by atoms with E-state index in [1.54, 1.807) is 0 Å². The zero-order chi connectivity index (χ0) is 17.7. The molecule has 132 valence electrons. The van der Waals surface area contributed by atoms with Crippen LogP contribution in [0.15, 0.2) is 30.3 Å². The van der Waals surface area contributed by atoms with Gasteiger partial charge in [0.1, 0.15) is 12.6 Å². The van der Waals surface area contributed by atoms with Gasteiger partial charge >= 0.3 is 5.97 Å². The van der Waals surface area contributed by atoms with Crippen molar-refractivity contribution in [3.8, 4) is 0 Å². The number of carbonyl (C=O) groups excluding carboxylic acids is 2. The minimum atomic E-state index is -3.62. The Hall–Kier alpha value is -1.93. The normalized spacial score (nSPS) is 21.3. The topological polar surface area (TPSA) is 90.0 Å². The number of hydrogen-bond donors (Lipinski definition) is 0. The summed E-state index contributed by atoms with van der Waals surface area (Å²) in [6.07, 6.45) is 0.785. The van der Waals surface area contributed by atoms with E-state index in [1.165, 1.54) is 11.8 Å². The number of benzene rings is 1. The van der Waals surface area contributed by atoms with Crippen LogP contribution in [0.2, 0.25) is 0 Å². The summed E-state index contributed by atoms with van der Waals surface area (Å²) in [7, 11) is -3.62. The van der Waals surface area contributed by atoms with Gasteiger partial charge in [-0.25, -0.2) is 4.79 Å². The highest BCUT2D eigenvalue weighted by molar-refractivity contribution is 7.86. The van der Waals surface area contributed by atoms with Crippen LogP contribution in [-0.4, -0.2) is 50.1 Å². The first-order valence-electron chi connectivity index (χ1n) is 7.62.